The summed E-state index contributed by atoms with van der Waals surface area (Å²) in [5.74, 6) is -2.44. The summed E-state index contributed by atoms with van der Waals surface area (Å²) >= 11 is 0. The number of hydrogen-bond acceptors (Lipinski definition) is 4. The molecule has 0 aliphatic heterocycles. The van der Waals surface area contributed by atoms with Gasteiger partial charge < -0.3 is 16.2 Å². The number of carboxylic acid groups (broad SMARTS) is 1. The second kappa shape index (κ2) is 5.80. The van der Waals surface area contributed by atoms with Gasteiger partial charge in [-0.15, -0.1) is 0 Å². The first-order valence-corrected chi connectivity index (χ1v) is 5.21. The van der Waals surface area contributed by atoms with Crippen LogP contribution >= 0.6 is 0 Å². The molecule has 1 aromatic rings. The van der Waals surface area contributed by atoms with Crippen LogP contribution in [0.1, 0.15) is 23.3 Å². The van der Waals surface area contributed by atoms with Gasteiger partial charge >= 0.3 is 5.97 Å². The zero-order valence-electron chi connectivity index (χ0n) is 9.79. The predicted molar refractivity (Wildman–Crippen MR) is 60.5 cm³/mol. The third-order valence-corrected chi connectivity index (χ3v) is 2.23. The average molecular weight is 254 g/mol. The van der Waals surface area contributed by atoms with Gasteiger partial charge in [-0.25, -0.2) is 4.79 Å². The maximum Gasteiger partial charge on any atom is 0.326 e. The van der Waals surface area contributed by atoms with Crippen molar-refractivity contribution in [2.24, 2.45) is 12.8 Å². The first kappa shape index (κ1) is 13.7. The molecular weight excluding hydrogens is 240 g/mol. The van der Waals surface area contributed by atoms with Crippen LogP contribution in [0.3, 0.4) is 0 Å². The fraction of sp³-hybridized carbons (Fsp3) is 0.400. The second-order valence-electron chi connectivity index (χ2n) is 3.74. The quantitative estimate of drug-likeness (QED) is 0.591. The number of aromatic nitrogens is 2. The number of hydrogen-bond donors (Lipinski definition) is 3. The fourth-order valence-electron chi connectivity index (χ4n) is 1.31. The van der Waals surface area contributed by atoms with Crippen molar-refractivity contribution >= 4 is 17.8 Å². The lowest BCUT2D eigenvalue weighted by atomic mass is 10.1. The Morgan fingerprint density at radius 1 is 1.56 bits per heavy atom. The summed E-state index contributed by atoms with van der Waals surface area (Å²) in [4.78, 5) is 33.1. The van der Waals surface area contributed by atoms with Gasteiger partial charge in [0.05, 0.1) is 0 Å². The minimum atomic E-state index is -1.22. The summed E-state index contributed by atoms with van der Waals surface area (Å²) in [7, 11) is 1.64. The lowest BCUT2D eigenvalue weighted by molar-refractivity contribution is -0.139. The van der Waals surface area contributed by atoms with Gasteiger partial charge in [-0.3, -0.25) is 14.3 Å². The topological polar surface area (TPSA) is 127 Å². The number of carbonyl (C=O) groups is 3. The molecule has 0 radical (unpaired) electrons. The van der Waals surface area contributed by atoms with Gasteiger partial charge in [0.25, 0.3) is 5.91 Å². The van der Waals surface area contributed by atoms with Crippen molar-refractivity contribution in [2.75, 3.05) is 0 Å². The Balaban J connectivity index is 2.63. The molecule has 8 heteroatoms. The number of nitrogens with zero attached hydrogens (tertiary/aromatic N) is 2. The van der Waals surface area contributed by atoms with E-state index in [4.69, 9.17) is 10.8 Å². The number of aryl methyl sites for hydroxylation is 1. The molecule has 0 saturated heterocycles. The monoisotopic (exact) mass is 254 g/mol. The van der Waals surface area contributed by atoms with Gasteiger partial charge in [-0.05, 0) is 12.5 Å². The predicted octanol–water partition coefficient (Wildman–Crippen LogP) is -1.13. The van der Waals surface area contributed by atoms with Gasteiger partial charge in [-0.2, -0.15) is 5.10 Å². The molecule has 0 aromatic carbocycles. The van der Waals surface area contributed by atoms with Crippen LogP contribution < -0.4 is 11.1 Å². The Morgan fingerprint density at radius 2 is 2.22 bits per heavy atom. The minimum absolute atomic E-state index is 0.0523. The molecule has 2 amide bonds. The molecule has 18 heavy (non-hydrogen) atoms. The summed E-state index contributed by atoms with van der Waals surface area (Å²) < 4.78 is 1.42. The Kier molecular flexibility index (Phi) is 4.41. The van der Waals surface area contributed by atoms with Gasteiger partial charge in [-0.1, -0.05) is 0 Å². The normalized spacial score (nSPS) is 11.8. The Labute approximate surface area is 103 Å². The molecule has 0 saturated carbocycles. The van der Waals surface area contributed by atoms with E-state index in [-0.39, 0.29) is 18.5 Å². The first-order chi connectivity index (χ1) is 8.40. The number of carboxylic acids is 1. The van der Waals surface area contributed by atoms with Crippen molar-refractivity contribution in [3.05, 3.63) is 18.0 Å². The Hall–Kier alpha value is -2.38. The van der Waals surface area contributed by atoms with Gasteiger partial charge in [0.15, 0.2) is 0 Å². The van der Waals surface area contributed by atoms with E-state index in [0.29, 0.717) is 0 Å². The van der Waals surface area contributed by atoms with Crippen LogP contribution in [0.25, 0.3) is 0 Å². The molecule has 0 fully saturated rings. The van der Waals surface area contributed by atoms with E-state index in [2.05, 4.69) is 10.4 Å². The summed E-state index contributed by atoms with van der Waals surface area (Å²) in [6.07, 6.45) is 1.40. The number of nitrogens with two attached hydrogens (primary N) is 1. The van der Waals surface area contributed by atoms with Crippen LogP contribution in [0.4, 0.5) is 0 Å². The number of amides is 2. The highest BCUT2D eigenvalue weighted by Crippen LogP contribution is 2.00. The zero-order valence-corrected chi connectivity index (χ0v) is 9.79. The molecule has 8 nitrogen and oxygen atoms in total. The van der Waals surface area contributed by atoms with Gasteiger partial charge in [0, 0.05) is 19.7 Å². The highest BCUT2D eigenvalue weighted by Gasteiger charge is 2.22. The van der Waals surface area contributed by atoms with E-state index in [1.807, 2.05) is 0 Å². The Bertz CT molecular complexity index is 468. The summed E-state index contributed by atoms with van der Waals surface area (Å²) in [6, 6.07) is 0.300. The van der Waals surface area contributed by atoms with E-state index in [9.17, 15) is 14.4 Å². The lowest BCUT2D eigenvalue weighted by Gasteiger charge is -2.12. The van der Waals surface area contributed by atoms with Crippen molar-refractivity contribution in [3.8, 4) is 0 Å². The van der Waals surface area contributed by atoms with Crippen LogP contribution in [0.2, 0.25) is 0 Å². The Morgan fingerprint density at radius 3 is 2.67 bits per heavy atom. The van der Waals surface area contributed by atoms with E-state index in [1.165, 1.54) is 10.7 Å². The van der Waals surface area contributed by atoms with Crippen LogP contribution in [0, 0.1) is 0 Å². The second-order valence-corrected chi connectivity index (χ2v) is 3.74. The number of aliphatic carboxylic acids is 1. The van der Waals surface area contributed by atoms with E-state index >= 15 is 0 Å². The smallest absolute Gasteiger partial charge is 0.326 e. The molecule has 1 unspecified atom stereocenters. The van der Waals surface area contributed by atoms with Crippen LogP contribution in [-0.4, -0.2) is 38.7 Å². The first-order valence-electron chi connectivity index (χ1n) is 5.21. The molecular formula is C10H14N4O4. The van der Waals surface area contributed by atoms with E-state index in [1.54, 1.807) is 13.2 Å². The molecule has 1 atom stereocenters. The standard InChI is InChI=1S/C10H14N4O4/c1-14-5-4-6(13-14)9(16)12-7(10(17)18)2-3-8(11)15/h4-5,7H,2-3H2,1H3,(H2,11,15)(H,12,16)(H,17,18). The van der Waals surface area contributed by atoms with Gasteiger partial charge in [0.2, 0.25) is 5.91 Å². The minimum Gasteiger partial charge on any atom is -0.480 e. The van der Waals surface area contributed by atoms with Crippen molar-refractivity contribution in [3.63, 3.8) is 0 Å². The van der Waals surface area contributed by atoms with Crippen molar-refractivity contribution in [2.45, 2.75) is 18.9 Å². The number of carbonyl (C=O) groups excluding carboxylic acids is 2. The molecule has 1 aromatic heterocycles. The highest BCUT2D eigenvalue weighted by molar-refractivity contribution is 5.94. The number of primary amides is 1. The van der Waals surface area contributed by atoms with Crippen LogP contribution in [0.5, 0.6) is 0 Å². The largest absolute Gasteiger partial charge is 0.480 e. The number of rotatable bonds is 6. The SMILES string of the molecule is Cn1ccc(C(=O)NC(CCC(N)=O)C(=O)O)n1. The third-order valence-electron chi connectivity index (χ3n) is 2.23. The fourth-order valence-corrected chi connectivity index (χ4v) is 1.31. The number of nitrogens with one attached hydrogen (secondary N) is 1. The summed E-state index contributed by atoms with van der Waals surface area (Å²) in [5, 5.41) is 15.0. The van der Waals surface area contributed by atoms with Crippen LogP contribution in [0.15, 0.2) is 12.3 Å². The highest BCUT2D eigenvalue weighted by atomic mass is 16.4. The molecule has 0 aliphatic rings. The van der Waals surface area contributed by atoms with E-state index in [0.717, 1.165) is 0 Å². The third kappa shape index (κ3) is 3.89. The molecule has 98 valence electrons. The summed E-state index contributed by atoms with van der Waals surface area (Å²) in [5.41, 5.74) is 5.04. The lowest BCUT2D eigenvalue weighted by Crippen LogP contribution is -2.41. The van der Waals surface area contributed by atoms with Gasteiger partial charge in [0.1, 0.15) is 11.7 Å². The maximum absolute atomic E-state index is 11.7. The van der Waals surface area contributed by atoms with Crippen molar-refractivity contribution in [1.82, 2.24) is 15.1 Å². The van der Waals surface area contributed by atoms with E-state index < -0.39 is 23.8 Å². The molecule has 1 rings (SSSR count). The summed E-state index contributed by atoms with van der Waals surface area (Å²) in [6.45, 7) is 0. The molecule has 0 bridgehead atoms. The van der Waals surface area contributed by atoms with Crippen LogP contribution in [-0.2, 0) is 16.6 Å². The molecule has 0 aliphatic carbocycles. The van der Waals surface area contributed by atoms with Crippen molar-refractivity contribution < 1.29 is 19.5 Å². The maximum atomic E-state index is 11.7. The molecule has 0 spiro atoms. The van der Waals surface area contributed by atoms with Crippen molar-refractivity contribution in [1.29, 1.82) is 0 Å². The average Bonchev–Trinajstić information content (AvgIpc) is 2.70. The molecule has 1 heterocycles. The zero-order chi connectivity index (χ0) is 13.7. The molecule has 4 N–H and O–H groups in total.